The van der Waals surface area contributed by atoms with Crippen molar-refractivity contribution in [2.45, 2.75) is 11.8 Å². The molecule has 0 bridgehead atoms. The minimum absolute atomic E-state index is 0.0169. The zero-order valence-electron chi connectivity index (χ0n) is 9.91. The number of nitrogen functional groups attached to an aromatic ring is 1. The van der Waals surface area contributed by atoms with Crippen molar-refractivity contribution in [1.29, 1.82) is 0 Å². The largest absolute Gasteiger partial charge is 0.478 e. The normalized spacial score (nSPS) is 11.1. The van der Waals surface area contributed by atoms with Gasteiger partial charge in [0.2, 0.25) is 10.0 Å². The summed E-state index contributed by atoms with van der Waals surface area (Å²) >= 11 is 0. The van der Waals surface area contributed by atoms with Crippen molar-refractivity contribution in [2.24, 2.45) is 5.14 Å². The Bertz CT molecular complexity index is 638. The Morgan fingerprint density at radius 3 is 2.37 bits per heavy atom. The molecule has 8 nitrogen and oxygen atoms in total. The SMILES string of the molecule is CCOC(=O)c1c(C(=O)O)ccc(S(N)(=O)=O)c1N. The maximum absolute atomic E-state index is 11.7. The van der Waals surface area contributed by atoms with E-state index in [0.29, 0.717) is 0 Å². The second-order valence-corrected chi connectivity index (χ2v) is 5.00. The second-order valence-electron chi connectivity index (χ2n) is 3.47. The number of primary sulfonamides is 1. The highest BCUT2D eigenvalue weighted by atomic mass is 32.2. The number of nitrogens with two attached hydrogens (primary N) is 2. The Balaban J connectivity index is 3.63. The second kappa shape index (κ2) is 5.24. The molecule has 0 aliphatic rings. The zero-order valence-corrected chi connectivity index (χ0v) is 10.7. The van der Waals surface area contributed by atoms with Gasteiger partial charge in [-0.25, -0.2) is 23.1 Å². The van der Waals surface area contributed by atoms with Gasteiger partial charge in [0.1, 0.15) is 4.90 Å². The van der Waals surface area contributed by atoms with Gasteiger partial charge in [0.15, 0.2) is 0 Å². The van der Waals surface area contributed by atoms with Gasteiger partial charge in [-0.05, 0) is 19.1 Å². The molecule has 0 amide bonds. The highest BCUT2D eigenvalue weighted by molar-refractivity contribution is 7.89. The van der Waals surface area contributed by atoms with Gasteiger partial charge < -0.3 is 15.6 Å². The summed E-state index contributed by atoms with van der Waals surface area (Å²) in [5, 5.41) is 13.9. The number of hydrogen-bond donors (Lipinski definition) is 3. The summed E-state index contributed by atoms with van der Waals surface area (Å²) < 4.78 is 27.2. The molecule has 9 heteroatoms. The molecule has 0 aliphatic carbocycles. The van der Waals surface area contributed by atoms with Crippen LogP contribution in [0, 0.1) is 0 Å². The zero-order chi connectivity index (χ0) is 14.8. The number of ether oxygens (including phenoxy) is 1. The van der Waals surface area contributed by atoms with Crippen LogP contribution in [0.4, 0.5) is 5.69 Å². The summed E-state index contributed by atoms with van der Waals surface area (Å²) in [6.07, 6.45) is 0. The lowest BCUT2D eigenvalue weighted by atomic mass is 10.1. The van der Waals surface area contributed by atoms with Crippen molar-refractivity contribution in [3.8, 4) is 0 Å². The average molecular weight is 288 g/mol. The molecular formula is C10H12N2O6S. The van der Waals surface area contributed by atoms with E-state index < -0.39 is 43.7 Å². The molecule has 5 N–H and O–H groups in total. The molecule has 0 radical (unpaired) electrons. The summed E-state index contributed by atoms with van der Waals surface area (Å²) in [4.78, 5) is 22.1. The van der Waals surface area contributed by atoms with Crippen molar-refractivity contribution in [3.05, 3.63) is 23.3 Å². The molecule has 0 unspecified atom stereocenters. The Morgan fingerprint density at radius 1 is 1.37 bits per heavy atom. The molecule has 1 aromatic rings. The van der Waals surface area contributed by atoms with E-state index in [0.717, 1.165) is 12.1 Å². The summed E-state index contributed by atoms with van der Waals surface area (Å²) in [7, 11) is -4.17. The van der Waals surface area contributed by atoms with Crippen molar-refractivity contribution < 1.29 is 27.9 Å². The first-order valence-electron chi connectivity index (χ1n) is 5.05. The van der Waals surface area contributed by atoms with Gasteiger partial charge in [-0.3, -0.25) is 0 Å². The molecule has 0 heterocycles. The van der Waals surface area contributed by atoms with Crippen LogP contribution in [0.5, 0.6) is 0 Å². The third kappa shape index (κ3) is 3.01. The molecular weight excluding hydrogens is 276 g/mol. The Labute approximate surface area is 109 Å². The molecule has 0 fully saturated rings. The maximum Gasteiger partial charge on any atom is 0.341 e. The van der Waals surface area contributed by atoms with Crippen LogP contribution in [0.25, 0.3) is 0 Å². The predicted octanol–water partition coefficient (Wildman–Crippen LogP) is -0.209. The smallest absolute Gasteiger partial charge is 0.341 e. The first-order chi connectivity index (χ1) is 8.70. The summed E-state index contributed by atoms with van der Waals surface area (Å²) in [5.74, 6) is -2.46. The van der Waals surface area contributed by atoms with Gasteiger partial charge in [0.05, 0.1) is 23.4 Å². The van der Waals surface area contributed by atoms with Gasteiger partial charge in [0, 0.05) is 0 Å². The summed E-state index contributed by atoms with van der Waals surface area (Å²) in [6.45, 7) is 1.50. The molecule has 1 rings (SSSR count). The van der Waals surface area contributed by atoms with E-state index in [1.165, 1.54) is 6.92 Å². The fourth-order valence-corrected chi connectivity index (χ4v) is 2.12. The van der Waals surface area contributed by atoms with E-state index in [4.69, 9.17) is 16.0 Å². The van der Waals surface area contributed by atoms with Crippen molar-refractivity contribution >= 4 is 27.6 Å². The van der Waals surface area contributed by atoms with E-state index in [1.807, 2.05) is 0 Å². The number of benzene rings is 1. The Hall–Kier alpha value is -2.13. The molecule has 0 saturated carbocycles. The highest BCUT2D eigenvalue weighted by Crippen LogP contribution is 2.26. The van der Waals surface area contributed by atoms with E-state index >= 15 is 0 Å². The molecule has 104 valence electrons. The van der Waals surface area contributed by atoms with Crippen molar-refractivity contribution in [1.82, 2.24) is 0 Å². The highest BCUT2D eigenvalue weighted by Gasteiger charge is 2.26. The molecule has 0 aliphatic heterocycles. The first-order valence-corrected chi connectivity index (χ1v) is 6.60. The fourth-order valence-electron chi connectivity index (χ4n) is 1.45. The molecule has 0 spiro atoms. The molecule has 0 aromatic heterocycles. The molecule has 1 aromatic carbocycles. The number of anilines is 1. The van der Waals surface area contributed by atoms with Crippen LogP contribution in [-0.4, -0.2) is 32.1 Å². The number of carbonyl (C=O) groups excluding carboxylic acids is 1. The van der Waals surface area contributed by atoms with Crippen LogP contribution in [0.1, 0.15) is 27.6 Å². The fraction of sp³-hybridized carbons (Fsp3) is 0.200. The van der Waals surface area contributed by atoms with Crippen LogP contribution in [0.15, 0.2) is 17.0 Å². The van der Waals surface area contributed by atoms with E-state index in [9.17, 15) is 18.0 Å². The number of rotatable bonds is 4. The molecule has 0 atom stereocenters. The lowest BCUT2D eigenvalue weighted by molar-refractivity contribution is 0.0515. The van der Waals surface area contributed by atoms with Crippen molar-refractivity contribution in [2.75, 3.05) is 12.3 Å². The van der Waals surface area contributed by atoms with Crippen LogP contribution >= 0.6 is 0 Å². The van der Waals surface area contributed by atoms with Gasteiger partial charge >= 0.3 is 11.9 Å². The van der Waals surface area contributed by atoms with Crippen LogP contribution in [0.3, 0.4) is 0 Å². The van der Waals surface area contributed by atoms with E-state index in [1.54, 1.807) is 0 Å². The quantitative estimate of drug-likeness (QED) is 0.512. The summed E-state index contributed by atoms with van der Waals surface area (Å²) in [5.41, 5.74) is 3.99. The number of carbonyl (C=O) groups is 2. The minimum atomic E-state index is -4.17. The number of hydrogen-bond acceptors (Lipinski definition) is 6. The number of carboxylic acids is 1. The standard InChI is InChI=1S/C10H12N2O6S/c1-2-18-10(15)7-5(9(13)14)3-4-6(8(7)11)19(12,16)17/h3-4H,2,11H2,1H3,(H,13,14)(H2,12,16,17). The monoisotopic (exact) mass is 288 g/mol. The number of sulfonamides is 1. The third-order valence-corrected chi connectivity index (χ3v) is 3.19. The molecule has 0 saturated heterocycles. The van der Waals surface area contributed by atoms with Crippen LogP contribution < -0.4 is 10.9 Å². The van der Waals surface area contributed by atoms with Crippen molar-refractivity contribution in [3.63, 3.8) is 0 Å². The number of esters is 1. The summed E-state index contributed by atoms with van der Waals surface area (Å²) in [6, 6.07) is 1.86. The number of aromatic carboxylic acids is 1. The predicted molar refractivity (Wildman–Crippen MR) is 65.1 cm³/mol. The first kappa shape index (κ1) is 14.9. The van der Waals surface area contributed by atoms with Gasteiger partial charge in [-0.15, -0.1) is 0 Å². The van der Waals surface area contributed by atoms with Gasteiger partial charge in [0.25, 0.3) is 0 Å². The lowest BCUT2D eigenvalue weighted by Gasteiger charge is -2.11. The maximum atomic E-state index is 11.7. The Morgan fingerprint density at radius 2 is 1.95 bits per heavy atom. The van der Waals surface area contributed by atoms with Crippen LogP contribution in [-0.2, 0) is 14.8 Å². The van der Waals surface area contributed by atoms with Gasteiger partial charge in [-0.1, -0.05) is 0 Å². The lowest BCUT2D eigenvalue weighted by Crippen LogP contribution is -2.20. The van der Waals surface area contributed by atoms with E-state index in [2.05, 4.69) is 4.74 Å². The van der Waals surface area contributed by atoms with Crippen LogP contribution in [0.2, 0.25) is 0 Å². The third-order valence-electron chi connectivity index (χ3n) is 2.22. The minimum Gasteiger partial charge on any atom is -0.478 e. The topological polar surface area (TPSA) is 150 Å². The van der Waals surface area contributed by atoms with E-state index in [-0.39, 0.29) is 6.61 Å². The average Bonchev–Trinajstić information content (AvgIpc) is 2.26. The molecule has 19 heavy (non-hydrogen) atoms. The Kier molecular flexibility index (Phi) is 4.12. The van der Waals surface area contributed by atoms with Gasteiger partial charge in [-0.2, -0.15) is 0 Å². The number of carboxylic acid groups (broad SMARTS) is 1.